The maximum absolute atomic E-state index is 14.0. The summed E-state index contributed by atoms with van der Waals surface area (Å²) in [6.45, 7) is 3.77. The molecule has 2 aliphatic carbocycles. The Bertz CT molecular complexity index is 913. The first-order valence-electron chi connectivity index (χ1n) is 9.84. The van der Waals surface area contributed by atoms with E-state index < -0.39 is 5.97 Å². The van der Waals surface area contributed by atoms with E-state index >= 15 is 0 Å². The summed E-state index contributed by atoms with van der Waals surface area (Å²) in [5.41, 5.74) is 2.92. The summed E-state index contributed by atoms with van der Waals surface area (Å²) in [6.07, 6.45) is 4.07. The first kappa shape index (κ1) is 18.7. The van der Waals surface area contributed by atoms with Crippen molar-refractivity contribution in [2.24, 2.45) is 0 Å². The van der Waals surface area contributed by atoms with Gasteiger partial charge in [0, 0.05) is 35.6 Å². The lowest BCUT2D eigenvalue weighted by atomic mass is 10.2. The van der Waals surface area contributed by atoms with Crippen LogP contribution in [0.5, 0.6) is 0 Å². The molecule has 0 spiro atoms. The maximum atomic E-state index is 14.0. The number of ether oxygens (including phenoxy) is 1. The van der Waals surface area contributed by atoms with Crippen molar-refractivity contribution in [3.05, 3.63) is 58.7 Å². The molecule has 0 N–H and O–H groups in total. The number of hydrogen-bond donors (Lipinski definition) is 0. The number of carbonyl (C=O) groups excluding carboxylic acids is 2. The van der Waals surface area contributed by atoms with Gasteiger partial charge in [-0.3, -0.25) is 4.79 Å². The van der Waals surface area contributed by atoms with Gasteiger partial charge in [-0.1, -0.05) is 18.2 Å². The fourth-order valence-electron chi connectivity index (χ4n) is 3.78. The van der Waals surface area contributed by atoms with E-state index in [-0.39, 0.29) is 30.9 Å². The third-order valence-corrected chi connectivity index (χ3v) is 5.55. The lowest BCUT2D eigenvalue weighted by Gasteiger charge is -2.22. The zero-order chi connectivity index (χ0) is 19.8. The van der Waals surface area contributed by atoms with Crippen LogP contribution in [0.2, 0.25) is 0 Å². The monoisotopic (exact) mass is 384 g/mol. The summed E-state index contributed by atoms with van der Waals surface area (Å²) in [5, 5.41) is 0. The molecule has 2 aliphatic rings. The molecule has 0 unspecified atom stereocenters. The second-order valence-electron chi connectivity index (χ2n) is 7.81. The molecule has 0 bridgehead atoms. The van der Waals surface area contributed by atoms with E-state index in [2.05, 4.69) is 4.57 Å². The Labute approximate surface area is 164 Å². The highest BCUT2D eigenvalue weighted by Crippen LogP contribution is 2.38. The standard InChI is InChI=1S/C22H25FN2O3/c1-14-11-19(15(2)25(14)18-9-10-18)22(27)28-13-21(26)24(17-7-8-17)12-16-5-3-4-6-20(16)23/h3-6,11,17-18H,7-10,12-13H2,1-2H3. The third kappa shape index (κ3) is 3.81. The highest BCUT2D eigenvalue weighted by atomic mass is 19.1. The van der Waals surface area contributed by atoms with Gasteiger partial charge in [-0.15, -0.1) is 0 Å². The number of hydrogen-bond acceptors (Lipinski definition) is 3. The van der Waals surface area contributed by atoms with Crippen LogP contribution in [0.15, 0.2) is 30.3 Å². The Hall–Kier alpha value is -2.63. The van der Waals surface area contributed by atoms with E-state index in [1.165, 1.54) is 6.07 Å². The van der Waals surface area contributed by atoms with Crippen LogP contribution >= 0.6 is 0 Å². The minimum Gasteiger partial charge on any atom is -0.452 e. The molecule has 1 aromatic heterocycles. The topological polar surface area (TPSA) is 51.5 Å². The number of aryl methyl sites for hydroxylation is 1. The van der Waals surface area contributed by atoms with Gasteiger partial charge in [0.2, 0.25) is 0 Å². The third-order valence-electron chi connectivity index (χ3n) is 5.55. The van der Waals surface area contributed by atoms with Gasteiger partial charge in [-0.05, 0) is 51.7 Å². The largest absolute Gasteiger partial charge is 0.452 e. The Morgan fingerprint density at radius 1 is 1.18 bits per heavy atom. The van der Waals surface area contributed by atoms with E-state index in [1.54, 1.807) is 23.1 Å². The molecule has 4 rings (SSSR count). The number of aromatic nitrogens is 1. The van der Waals surface area contributed by atoms with Gasteiger partial charge < -0.3 is 14.2 Å². The number of benzene rings is 1. The van der Waals surface area contributed by atoms with Gasteiger partial charge in [-0.25, -0.2) is 9.18 Å². The average Bonchev–Trinajstić information content (AvgIpc) is 3.58. The predicted molar refractivity (Wildman–Crippen MR) is 102 cm³/mol. The van der Waals surface area contributed by atoms with E-state index in [1.807, 2.05) is 19.9 Å². The maximum Gasteiger partial charge on any atom is 0.340 e. The van der Waals surface area contributed by atoms with E-state index in [0.717, 1.165) is 37.1 Å². The van der Waals surface area contributed by atoms with Crippen LogP contribution in [-0.2, 0) is 16.1 Å². The van der Waals surface area contributed by atoms with Gasteiger partial charge >= 0.3 is 5.97 Å². The summed E-state index contributed by atoms with van der Waals surface area (Å²) in [4.78, 5) is 26.8. The van der Waals surface area contributed by atoms with Gasteiger partial charge in [-0.2, -0.15) is 0 Å². The highest BCUT2D eigenvalue weighted by molar-refractivity contribution is 5.92. The van der Waals surface area contributed by atoms with Crippen molar-refractivity contribution < 1.29 is 18.7 Å². The van der Waals surface area contributed by atoms with Gasteiger partial charge in [0.15, 0.2) is 6.61 Å². The van der Waals surface area contributed by atoms with Crippen LogP contribution in [0, 0.1) is 19.7 Å². The molecule has 1 aromatic carbocycles. The summed E-state index contributed by atoms with van der Waals surface area (Å²) in [5.74, 6) is -1.09. The first-order valence-corrected chi connectivity index (χ1v) is 9.84. The summed E-state index contributed by atoms with van der Waals surface area (Å²) < 4.78 is 21.5. The van der Waals surface area contributed by atoms with Crippen molar-refractivity contribution in [3.8, 4) is 0 Å². The summed E-state index contributed by atoms with van der Waals surface area (Å²) >= 11 is 0. The van der Waals surface area contributed by atoms with Crippen LogP contribution in [0.4, 0.5) is 4.39 Å². The number of rotatable bonds is 7. The molecule has 5 nitrogen and oxygen atoms in total. The Balaban J connectivity index is 1.40. The normalized spacial score (nSPS) is 16.1. The van der Waals surface area contributed by atoms with Crippen molar-refractivity contribution in [1.29, 1.82) is 0 Å². The minimum atomic E-state index is -0.477. The zero-order valence-electron chi connectivity index (χ0n) is 16.3. The number of amides is 1. The molecular formula is C22H25FN2O3. The van der Waals surface area contributed by atoms with Gasteiger partial charge in [0.05, 0.1) is 5.56 Å². The Kier molecular flexibility index (Phi) is 4.96. The molecule has 0 aliphatic heterocycles. The van der Waals surface area contributed by atoms with E-state index in [4.69, 9.17) is 4.74 Å². The molecule has 0 atom stereocenters. The summed E-state index contributed by atoms with van der Waals surface area (Å²) in [6, 6.07) is 8.86. The molecule has 6 heteroatoms. The second-order valence-corrected chi connectivity index (χ2v) is 7.81. The van der Waals surface area contributed by atoms with Crippen molar-refractivity contribution in [3.63, 3.8) is 0 Å². The minimum absolute atomic E-state index is 0.103. The molecule has 0 radical (unpaired) electrons. The SMILES string of the molecule is Cc1cc(C(=O)OCC(=O)N(Cc2ccccc2F)C2CC2)c(C)n1C1CC1. The van der Waals surface area contributed by atoms with Crippen LogP contribution in [0.1, 0.15) is 59.0 Å². The molecule has 148 valence electrons. The zero-order valence-corrected chi connectivity index (χ0v) is 16.3. The van der Waals surface area contributed by atoms with Crippen LogP contribution in [0.25, 0.3) is 0 Å². The number of esters is 1. The molecule has 1 heterocycles. The van der Waals surface area contributed by atoms with Crippen LogP contribution < -0.4 is 0 Å². The average molecular weight is 384 g/mol. The van der Waals surface area contributed by atoms with E-state index in [9.17, 15) is 14.0 Å². The van der Waals surface area contributed by atoms with Crippen molar-refractivity contribution in [2.75, 3.05) is 6.61 Å². The van der Waals surface area contributed by atoms with Crippen LogP contribution in [0.3, 0.4) is 0 Å². The first-order chi connectivity index (χ1) is 13.5. The van der Waals surface area contributed by atoms with Gasteiger partial charge in [0.1, 0.15) is 5.82 Å². The van der Waals surface area contributed by atoms with Crippen molar-refractivity contribution >= 4 is 11.9 Å². The highest BCUT2D eigenvalue weighted by Gasteiger charge is 2.34. The molecule has 2 fully saturated rings. The molecule has 0 saturated heterocycles. The van der Waals surface area contributed by atoms with Gasteiger partial charge in [0.25, 0.3) is 5.91 Å². The van der Waals surface area contributed by atoms with E-state index in [0.29, 0.717) is 17.2 Å². The number of nitrogens with zero attached hydrogens (tertiary/aromatic N) is 2. The van der Waals surface area contributed by atoms with Crippen LogP contribution in [-0.4, -0.2) is 34.0 Å². The lowest BCUT2D eigenvalue weighted by molar-refractivity contribution is -0.135. The molecule has 2 aromatic rings. The Morgan fingerprint density at radius 2 is 1.89 bits per heavy atom. The molecule has 2 saturated carbocycles. The second kappa shape index (κ2) is 7.41. The fourth-order valence-corrected chi connectivity index (χ4v) is 3.78. The number of carbonyl (C=O) groups is 2. The molecule has 1 amide bonds. The number of halogens is 1. The molecular weight excluding hydrogens is 359 g/mol. The fraction of sp³-hybridized carbons (Fsp3) is 0.455. The Morgan fingerprint density at radius 3 is 2.54 bits per heavy atom. The lowest BCUT2D eigenvalue weighted by Crippen LogP contribution is -2.36. The molecule has 28 heavy (non-hydrogen) atoms. The van der Waals surface area contributed by atoms with Crippen molar-refractivity contribution in [1.82, 2.24) is 9.47 Å². The summed E-state index contributed by atoms with van der Waals surface area (Å²) in [7, 11) is 0. The quantitative estimate of drug-likeness (QED) is 0.680. The predicted octanol–water partition coefficient (Wildman–Crippen LogP) is 3.93. The van der Waals surface area contributed by atoms with Crippen molar-refractivity contribution in [2.45, 2.75) is 58.2 Å². The smallest absolute Gasteiger partial charge is 0.340 e.